The van der Waals surface area contributed by atoms with Crippen LogP contribution in [-0.2, 0) is 12.6 Å². The van der Waals surface area contributed by atoms with Crippen LogP contribution in [0.1, 0.15) is 49.7 Å². The molecule has 106 valence electrons. The molecule has 0 aliphatic rings. The molecule has 0 saturated carbocycles. The van der Waals surface area contributed by atoms with E-state index < -0.39 is 11.7 Å². The molecule has 0 heterocycles. The van der Waals surface area contributed by atoms with E-state index in [1.165, 1.54) is 18.6 Å². The van der Waals surface area contributed by atoms with Crippen molar-refractivity contribution in [3.63, 3.8) is 0 Å². The van der Waals surface area contributed by atoms with Crippen molar-refractivity contribution in [3.05, 3.63) is 48.0 Å². The predicted octanol–water partition coefficient (Wildman–Crippen LogP) is 5.77. The Balaban J connectivity index is 2.28. The Morgan fingerprint density at radius 3 is 2.37 bits per heavy atom. The number of halogens is 3. The van der Waals surface area contributed by atoms with Gasteiger partial charge in [0, 0.05) is 0 Å². The fourth-order valence-corrected chi connectivity index (χ4v) is 2.05. The second kappa shape index (κ2) is 8.03. The van der Waals surface area contributed by atoms with Crippen LogP contribution in [0.2, 0.25) is 0 Å². The summed E-state index contributed by atoms with van der Waals surface area (Å²) in [5, 5.41) is 0. The van der Waals surface area contributed by atoms with Crippen LogP contribution in [-0.4, -0.2) is 0 Å². The van der Waals surface area contributed by atoms with Gasteiger partial charge in [0.1, 0.15) is 0 Å². The molecule has 1 rings (SSSR count). The molecular formula is C16H21F3. The topological polar surface area (TPSA) is 0 Å². The molecule has 0 nitrogen and oxygen atoms in total. The van der Waals surface area contributed by atoms with Gasteiger partial charge in [0.2, 0.25) is 0 Å². The Kier molecular flexibility index (Phi) is 6.68. The van der Waals surface area contributed by atoms with E-state index in [0.717, 1.165) is 50.2 Å². The van der Waals surface area contributed by atoms with Crippen molar-refractivity contribution in [2.75, 3.05) is 0 Å². The minimum Gasteiger partial charge on any atom is -0.166 e. The Labute approximate surface area is 113 Å². The lowest BCUT2D eigenvalue weighted by molar-refractivity contribution is -0.137. The third kappa shape index (κ3) is 6.46. The van der Waals surface area contributed by atoms with Crippen molar-refractivity contribution in [1.82, 2.24) is 0 Å². The summed E-state index contributed by atoms with van der Waals surface area (Å²) in [5.74, 6) is 0. The number of hydrogen-bond acceptors (Lipinski definition) is 0. The number of hydrogen-bond donors (Lipinski definition) is 0. The predicted molar refractivity (Wildman–Crippen MR) is 73.0 cm³/mol. The van der Waals surface area contributed by atoms with E-state index in [-0.39, 0.29) is 0 Å². The molecule has 0 fully saturated rings. The highest BCUT2D eigenvalue weighted by Gasteiger charge is 2.30. The van der Waals surface area contributed by atoms with Gasteiger partial charge in [0.15, 0.2) is 0 Å². The number of allylic oxidation sites excluding steroid dienone is 1. The zero-order chi connectivity index (χ0) is 14.1. The lowest BCUT2D eigenvalue weighted by atomic mass is 10.0. The molecular weight excluding hydrogens is 249 g/mol. The van der Waals surface area contributed by atoms with Crippen LogP contribution in [0.4, 0.5) is 13.2 Å². The summed E-state index contributed by atoms with van der Waals surface area (Å²) in [5.41, 5.74) is 0.233. The molecule has 0 radical (unpaired) electrons. The molecule has 0 unspecified atom stereocenters. The summed E-state index contributed by atoms with van der Waals surface area (Å²) in [6.45, 7) is 3.67. The zero-order valence-electron chi connectivity index (χ0n) is 11.2. The zero-order valence-corrected chi connectivity index (χ0v) is 11.2. The lowest BCUT2D eigenvalue weighted by Gasteiger charge is -2.08. The van der Waals surface area contributed by atoms with Gasteiger partial charge in [-0.15, -0.1) is 6.58 Å². The second-order valence-electron chi connectivity index (χ2n) is 4.79. The Hall–Kier alpha value is -1.25. The summed E-state index contributed by atoms with van der Waals surface area (Å²) in [6.07, 6.45) is 4.97. The summed E-state index contributed by atoms with van der Waals surface area (Å²) >= 11 is 0. The first-order chi connectivity index (χ1) is 9.04. The Morgan fingerprint density at radius 2 is 1.68 bits per heavy atom. The maximum Gasteiger partial charge on any atom is 0.416 e. The summed E-state index contributed by atoms with van der Waals surface area (Å²) < 4.78 is 37.6. The van der Waals surface area contributed by atoms with Gasteiger partial charge >= 0.3 is 6.18 Å². The molecule has 1 aromatic rings. The van der Waals surface area contributed by atoms with Crippen LogP contribution in [0.5, 0.6) is 0 Å². The van der Waals surface area contributed by atoms with Crippen LogP contribution in [0, 0.1) is 0 Å². The van der Waals surface area contributed by atoms with Crippen LogP contribution >= 0.6 is 0 Å². The van der Waals surface area contributed by atoms with Gasteiger partial charge in [-0.3, -0.25) is 0 Å². The van der Waals surface area contributed by atoms with E-state index in [2.05, 4.69) is 6.58 Å². The van der Waals surface area contributed by atoms with Gasteiger partial charge in [-0.25, -0.2) is 0 Å². The van der Waals surface area contributed by atoms with Crippen molar-refractivity contribution in [3.8, 4) is 0 Å². The first-order valence-corrected chi connectivity index (χ1v) is 6.81. The molecule has 0 atom stereocenters. The SMILES string of the molecule is C=CCCCCCCCc1cccc(C(F)(F)F)c1. The monoisotopic (exact) mass is 270 g/mol. The quantitative estimate of drug-likeness (QED) is 0.415. The smallest absolute Gasteiger partial charge is 0.166 e. The highest BCUT2D eigenvalue weighted by Crippen LogP contribution is 2.29. The number of alkyl halides is 3. The summed E-state index contributed by atoms with van der Waals surface area (Å²) in [6, 6.07) is 5.64. The minimum absolute atomic E-state index is 0.545. The van der Waals surface area contributed by atoms with Crippen LogP contribution in [0.15, 0.2) is 36.9 Å². The van der Waals surface area contributed by atoms with E-state index in [1.807, 2.05) is 6.08 Å². The maximum absolute atomic E-state index is 12.5. The average Bonchev–Trinajstić information content (AvgIpc) is 2.37. The third-order valence-corrected chi connectivity index (χ3v) is 3.13. The Morgan fingerprint density at radius 1 is 1.00 bits per heavy atom. The molecule has 0 aromatic heterocycles. The van der Waals surface area contributed by atoms with Gasteiger partial charge in [-0.1, -0.05) is 43.5 Å². The fourth-order valence-electron chi connectivity index (χ4n) is 2.05. The normalized spacial score (nSPS) is 11.5. The number of rotatable bonds is 8. The molecule has 0 bridgehead atoms. The van der Waals surface area contributed by atoms with Crippen LogP contribution in [0.25, 0.3) is 0 Å². The lowest BCUT2D eigenvalue weighted by Crippen LogP contribution is -2.05. The van der Waals surface area contributed by atoms with E-state index >= 15 is 0 Å². The molecule has 1 aromatic carbocycles. The Bertz CT molecular complexity index is 380. The first kappa shape index (κ1) is 15.8. The van der Waals surface area contributed by atoms with Crippen LogP contribution < -0.4 is 0 Å². The molecule has 0 amide bonds. The molecule has 3 heteroatoms. The standard InChI is InChI=1S/C16H21F3/c1-2-3-4-5-6-7-8-10-14-11-9-12-15(13-14)16(17,18)19/h2,9,11-13H,1,3-8,10H2. The van der Waals surface area contributed by atoms with E-state index in [0.29, 0.717) is 0 Å². The largest absolute Gasteiger partial charge is 0.416 e. The van der Waals surface area contributed by atoms with E-state index in [1.54, 1.807) is 6.07 Å². The number of benzene rings is 1. The van der Waals surface area contributed by atoms with Crippen LogP contribution in [0.3, 0.4) is 0 Å². The van der Waals surface area contributed by atoms with E-state index in [4.69, 9.17) is 0 Å². The van der Waals surface area contributed by atoms with Crippen molar-refractivity contribution in [2.45, 2.75) is 51.1 Å². The average molecular weight is 270 g/mol. The van der Waals surface area contributed by atoms with Crippen molar-refractivity contribution in [2.24, 2.45) is 0 Å². The number of aryl methyl sites for hydroxylation is 1. The van der Waals surface area contributed by atoms with Crippen molar-refractivity contribution >= 4 is 0 Å². The van der Waals surface area contributed by atoms with Gasteiger partial charge in [-0.05, 0) is 37.3 Å². The molecule has 0 aliphatic carbocycles. The molecule has 19 heavy (non-hydrogen) atoms. The molecule has 0 N–H and O–H groups in total. The second-order valence-corrected chi connectivity index (χ2v) is 4.79. The minimum atomic E-state index is -4.24. The highest BCUT2D eigenvalue weighted by atomic mass is 19.4. The maximum atomic E-state index is 12.5. The summed E-state index contributed by atoms with van der Waals surface area (Å²) in [4.78, 5) is 0. The molecule has 0 aliphatic heterocycles. The van der Waals surface area contributed by atoms with Crippen molar-refractivity contribution in [1.29, 1.82) is 0 Å². The fraction of sp³-hybridized carbons (Fsp3) is 0.500. The molecule has 0 spiro atoms. The van der Waals surface area contributed by atoms with Gasteiger partial charge in [0.05, 0.1) is 5.56 Å². The summed E-state index contributed by atoms with van der Waals surface area (Å²) in [7, 11) is 0. The van der Waals surface area contributed by atoms with Gasteiger partial charge in [-0.2, -0.15) is 13.2 Å². The van der Waals surface area contributed by atoms with E-state index in [9.17, 15) is 13.2 Å². The molecule has 0 saturated heterocycles. The third-order valence-electron chi connectivity index (χ3n) is 3.13. The van der Waals surface area contributed by atoms with Gasteiger partial charge < -0.3 is 0 Å². The van der Waals surface area contributed by atoms with Crippen molar-refractivity contribution < 1.29 is 13.2 Å². The highest BCUT2D eigenvalue weighted by molar-refractivity contribution is 5.25. The number of unbranched alkanes of at least 4 members (excludes halogenated alkanes) is 5. The van der Waals surface area contributed by atoms with Gasteiger partial charge in [0.25, 0.3) is 0 Å². The first-order valence-electron chi connectivity index (χ1n) is 6.81.